The number of hydrogen-bond acceptors (Lipinski definition) is 3. The Kier molecular flexibility index (Phi) is 8.62. The monoisotopic (exact) mass is 359 g/mol. The number of benzene rings is 1. The van der Waals surface area contributed by atoms with E-state index in [-0.39, 0.29) is 11.8 Å². The van der Waals surface area contributed by atoms with Gasteiger partial charge in [0.25, 0.3) is 5.91 Å². The van der Waals surface area contributed by atoms with Crippen LogP contribution in [0.1, 0.15) is 62.7 Å². The molecule has 26 heavy (non-hydrogen) atoms. The van der Waals surface area contributed by atoms with Gasteiger partial charge in [0.2, 0.25) is 5.91 Å². The summed E-state index contributed by atoms with van der Waals surface area (Å²) >= 11 is 0. The maximum absolute atomic E-state index is 12.6. The third-order valence-electron chi connectivity index (χ3n) is 4.76. The molecule has 0 unspecified atom stereocenters. The molecule has 144 valence electrons. The topological polar surface area (TPSA) is 52.7 Å². The number of amides is 2. The molecule has 1 N–H and O–H groups in total. The van der Waals surface area contributed by atoms with Crippen LogP contribution in [0.5, 0.6) is 0 Å². The van der Waals surface area contributed by atoms with E-state index in [9.17, 15) is 9.59 Å². The minimum atomic E-state index is -0.00139. The second kappa shape index (κ2) is 11.0. The summed E-state index contributed by atoms with van der Waals surface area (Å²) in [6.45, 7) is 8.23. The van der Waals surface area contributed by atoms with Crippen LogP contribution >= 0.6 is 0 Å². The van der Waals surface area contributed by atoms with E-state index in [4.69, 9.17) is 0 Å². The fourth-order valence-electron chi connectivity index (χ4n) is 3.46. The number of anilines is 1. The zero-order chi connectivity index (χ0) is 18.8. The Morgan fingerprint density at radius 2 is 1.54 bits per heavy atom. The van der Waals surface area contributed by atoms with Gasteiger partial charge in [-0.2, -0.15) is 0 Å². The maximum Gasteiger partial charge on any atom is 0.253 e. The summed E-state index contributed by atoms with van der Waals surface area (Å²) in [5.41, 5.74) is 1.44. The largest absolute Gasteiger partial charge is 0.339 e. The van der Waals surface area contributed by atoms with Gasteiger partial charge < -0.3 is 10.2 Å². The fourth-order valence-corrected chi connectivity index (χ4v) is 3.46. The van der Waals surface area contributed by atoms with Gasteiger partial charge in [0, 0.05) is 24.3 Å². The summed E-state index contributed by atoms with van der Waals surface area (Å²) in [4.78, 5) is 29.0. The molecule has 5 heteroatoms. The molecule has 0 atom stereocenters. The van der Waals surface area contributed by atoms with E-state index < -0.39 is 0 Å². The number of nitrogens with one attached hydrogen (secondary N) is 1. The molecule has 1 heterocycles. The summed E-state index contributed by atoms with van der Waals surface area (Å²) in [6, 6.07) is 7.29. The second-order valence-electron chi connectivity index (χ2n) is 7.11. The van der Waals surface area contributed by atoms with Gasteiger partial charge in [-0.15, -0.1) is 0 Å². The molecule has 0 bridgehead atoms. The van der Waals surface area contributed by atoms with Gasteiger partial charge in [-0.05, 0) is 63.0 Å². The molecule has 1 aromatic rings. The van der Waals surface area contributed by atoms with E-state index in [0.29, 0.717) is 12.1 Å². The third kappa shape index (κ3) is 6.45. The van der Waals surface area contributed by atoms with Crippen LogP contribution in [-0.4, -0.2) is 54.3 Å². The van der Waals surface area contributed by atoms with Gasteiger partial charge in [0.05, 0.1) is 6.54 Å². The van der Waals surface area contributed by atoms with Gasteiger partial charge in [0.1, 0.15) is 0 Å². The molecule has 2 amide bonds. The number of carbonyl (C=O) groups excluding carboxylic acids is 2. The van der Waals surface area contributed by atoms with E-state index in [0.717, 1.165) is 57.5 Å². The molecule has 2 rings (SSSR count). The van der Waals surface area contributed by atoms with Gasteiger partial charge >= 0.3 is 0 Å². The molecule has 0 saturated carbocycles. The molecular formula is C21H33N3O2. The summed E-state index contributed by atoms with van der Waals surface area (Å²) in [5.74, 6) is 0.0975. The molecule has 1 aliphatic heterocycles. The lowest BCUT2D eigenvalue weighted by Crippen LogP contribution is -2.34. The average Bonchev–Trinajstić information content (AvgIpc) is 2.91. The normalized spacial score (nSPS) is 15.0. The van der Waals surface area contributed by atoms with Crippen molar-refractivity contribution in [3.63, 3.8) is 0 Å². The van der Waals surface area contributed by atoms with Gasteiger partial charge in [-0.1, -0.05) is 26.7 Å². The molecular weight excluding hydrogens is 326 g/mol. The average molecular weight is 360 g/mol. The number of nitrogens with zero attached hydrogens (tertiary/aromatic N) is 2. The Morgan fingerprint density at radius 3 is 2.08 bits per heavy atom. The first-order valence-electron chi connectivity index (χ1n) is 10.1. The van der Waals surface area contributed by atoms with Crippen molar-refractivity contribution in [3.05, 3.63) is 29.8 Å². The van der Waals surface area contributed by atoms with Gasteiger partial charge in [-0.25, -0.2) is 0 Å². The van der Waals surface area contributed by atoms with Crippen molar-refractivity contribution in [3.8, 4) is 0 Å². The van der Waals surface area contributed by atoms with Crippen LogP contribution in [0.15, 0.2) is 24.3 Å². The summed E-state index contributed by atoms with van der Waals surface area (Å²) in [6.07, 6.45) is 6.68. The van der Waals surface area contributed by atoms with Crippen molar-refractivity contribution < 1.29 is 9.59 Å². The quantitative estimate of drug-likeness (QED) is 0.769. The minimum Gasteiger partial charge on any atom is -0.339 e. The number of carbonyl (C=O) groups is 2. The summed E-state index contributed by atoms with van der Waals surface area (Å²) < 4.78 is 0. The van der Waals surface area contributed by atoms with Gasteiger partial charge in [0.15, 0.2) is 0 Å². The van der Waals surface area contributed by atoms with Crippen LogP contribution in [0.3, 0.4) is 0 Å². The lowest BCUT2D eigenvalue weighted by molar-refractivity contribution is -0.117. The molecule has 0 radical (unpaired) electrons. The van der Waals surface area contributed by atoms with Crippen LogP contribution in [0.2, 0.25) is 0 Å². The molecule has 1 aliphatic rings. The number of rotatable bonds is 8. The fraction of sp³-hybridized carbons (Fsp3) is 0.619. The van der Waals surface area contributed by atoms with E-state index in [2.05, 4.69) is 24.1 Å². The van der Waals surface area contributed by atoms with Gasteiger partial charge in [-0.3, -0.25) is 14.5 Å². The second-order valence-corrected chi connectivity index (χ2v) is 7.11. The van der Waals surface area contributed by atoms with Crippen molar-refractivity contribution >= 4 is 17.5 Å². The van der Waals surface area contributed by atoms with Crippen LogP contribution < -0.4 is 5.32 Å². The van der Waals surface area contributed by atoms with E-state index in [1.165, 1.54) is 12.8 Å². The Balaban J connectivity index is 1.89. The van der Waals surface area contributed by atoms with Crippen molar-refractivity contribution in [1.82, 2.24) is 9.80 Å². The SMILES string of the molecule is CCCN(CCC)CC(=O)Nc1ccc(C(=O)N2CCCCCC2)cc1. The number of likely N-dealkylation sites (tertiary alicyclic amines) is 1. The Labute approximate surface area is 157 Å². The highest BCUT2D eigenvalue weighted by Gasteiger charge is 2.17. The minimum absolute atomic E-state index is 0.00139. The molecule has 1 saturated heterocycles. The zero-order valence-corrected chi connectivity index (χ0v) is 16.3. The van der Waals surface area contributed by atoms with Crippen LogP contribution in [-0.2, 0) is 4.79 Å². The van der Waals surface area contributed by atoms with Crippen LogP contribution in [0.25, 0.3) is 0 Å². The standard InChI is InChI=1S/C21H33N3O2/c1-3-13-23(14-4-2)17-20(25)22-19-11-9-18(10-12-19)21(26)24-15-7-5-6-8-16-24/h9-12H,3-8,13-17H2,1-2H3,(H,22,25). The first-order chi connectivity index (χ1) is 12.6. The zero-order valence-electron chi connectivity index (χ0n) is 16.3. The summed E-state index contributed by atoms with van der Waals surface area (Å²) in [5, 5.41) is 2.94. The first-order valence-corrected chi connectivity index (χ1v) is 10.1. The highest BCUT2D eigenvalue weighted by Crippen LogP contribution is 2.15. The van der Waals surface area contributed by atoms with Crippen molar-refractivity contribution in [2.24, 2.45) is 0 Å². The van der Waals surface area contributed by atoms with Crippen LogP contribution in [0.4, 0.5) is 5.69 Å². The Morgan fingerprint density at radius 1 is 0.962 bits per heavy atom. The highest BCUT2D eigenvalue weighted by atomic mass is 16.2. The lowest BCUT2D eigenvalue weighted by Gasteiger charge is -2.21. The predicted molar refractivity (Wildman–Crippen MR) is 106 cm³/mol. The van der Waals surface area contributed by atoms with Crippen molar-refractivity contribution in [2.75, 3.05) is 38.0 Å². The molecule has 1 fully saturated rings. The molecule has 0 aromatic heterocycles. The van der Waals surface area contributed by atoms with E-state index in [1.807, 2.05) is 29.2 Å². The predicted octanol–water partition coefficient (Wildman–Crippen LogP) is 3.76. The Hall–Kier alpha value is -1.88. The highest BCUT2D eigenvalue weighted by molar-refractivity contribution is 5.96. The molecule has 1 aromatic carbocycles. The summed E-state index contributed by atoms with van der Waals surface area (Å²) in [7, 11) is 0. The van der Waals surface area contributed by atoms with E-state index >= 15 is 0 Å². The van der Waals surface area contributed by atoms with Crippen molar-refractivity contribution in [1.29, 1.82) is 0 Å². The Bertz CT molecular complexity index is 557. The first kappa shape index (κ1) is 20.4. The van der Waals surface area contributed by atoms with Crippen LogP contribution in [0, 0.1) is 0 Å². The third-order valence-corrected chi connectivity index (χ3v) is 4.76. The van der Waals surface area contributed by atoms with Crippen molar-refractivity contribution in [2.45, 2.75) is 52.4 Å². The smallest absolute Gasteiger partial charge is 0.253 e. The molecule has 5 nitrogen and oxygen atoms in total. The lowest BCUT2D eigenvalue weighted by atomic mass is 10.1. The molecule has 0 aliphatic carbocycles. The molecule has 0 spiro atoms. The number of hydrogen-bond donors (Lipinski definition) is 1. The maximum atomic E-state index is 12.6. The van der Waals surface area contributed by atoms with E-state index in [1.54, 1.807) is 0 Å².